The fourth-order valence-electron chi connectivity index (χ4n) is 6.13. The van der Waals surface area contributed by atoms with Crippen LogP contribution >= 0.6 is 0 Å². The van der Waals surface area contributed by atoms with Crippen LogP contribution < -0.4 is 0 Å². The molecule has 0 radical (unpaired) electrons. The third-order valence-corrected chi connectivity index (χ3v) is 9.44. The zero-order valence-electron chi connectivity index (χ0n) is 38.8. The Balaban J connectivity index is 0.922. The largest absolute Gasteiger partial charge is 0.466 e. The minimum atomic E-state index is -0.369. The van der Waals surface area contributed by atoms with Crippen LogP contribution in [-0.4, -0.2) is 216 Å². The highest BCUT2D eigenvalue weighted by atomic mass is 16.6. The molecule has 0 heterocycles. The highest BCUT2D eigenvalue weighted by Gasteiger charge is 2.29. The van der Waals surface area contributed by atoms with Crippen LogP contribution in [0.15, 0.2) is 48.5 Å². The van der Waals surface area contributed by atoms with E-state index in [4.69, 9.17) is 71.1 Å². The van der Waals surface area contributed by atoms with Gasteiger partial charge in [0.2, 0.25) is 0 Å². The van der Waals surface area contributed by atoms with Crippen LogP contribution in [0.2, 0.25) is 0 Å². The van der Waals surface area contributed by atoms with E-state index in [2.05, 4.69) is 24.3 Å². The first-order valence-electron chi connectivity index (χ1n) is 22.8. The number of ether oxygens (including phenoxy) is 15. The smallest absolute Gasteiger partial charge is 0.409 e. The highest BCUT2D eigenvalue weighted by Crippen LogP contribution is 2.44. The van der Waals surface area contributed by atoms with E-state index in [0.717, 1.165) is 0 Å². The monoisotopic (exact) mass is 926 g/mol. The van der Waals surface area contributed by atoms with Gasteiger partial charge in [0.15, 0.2) is 0 Å². The number of amides is 1. The summed E-state index contributed by atoms with van der Waals surface area (Å²) >= 11 is 0. The Morgan fingerprint density at radius 3 is 1.03 bits per heavy atom. The molecule has 0 unspecified atom stereocenters. The molecule has 1 aliphatic carbocycles. The van der Waals surface area contributed by atoms with E-state index in [9.17, 15) is 9.59 Å². The molecule has 0 saturated carbocycles. The van der Waals surface area contributed by atoms with E-state index in [-0.39, 0.29) is 24.4 Å². The van der Waals surface area contributed by atoms with Crippen LogP contribution in [0, 0.1) is 0 Å². The van der Waals surface area contributed by atoms with Gasteiger partial charge in [-0.3, -0.25) is 4.79 Å². The van der Waals surface area contributed by atoms with E-state index in [1.165, 1.54) is 27.2 Å². The lowest BCUT2D eigenvalue weighted by atomic mass is 9.98. The SMILES string of the molecule is CCOC(=O)CCOCCOCCOCCOCCOCCOCCOCCOCCOCCOCCOCCOCCOCCN(C)C(=O)OCC1c2ccccc2-c2ccccc21. The van der Waals surface area contributed by atoms with Gasteiger partial charge in [0, 0.05) is 19.5 Å². The first-order chi connectivity index (χ1) is 32.1. The average molecular weight is 926 g/mol. The summed E-state index contributed by atoms with van der Waals surface area (Å²) in [6, 6.07) is 16.6. The molecule has 0 aromatic heterocycles. The Morgan fingerprint density at radius 1 is 0.415 bits per heavy atom. The molecule has 65 heavy (non-hydrogen) atoms. The maximum Gasteiger partial charge on any atom is 0.409 e. The van der Waals surface area contributed by atoms with Crippen molar-refractivity contribution in [2.24, 2.45) is 0 Å². The Kier molecular flexibility index (Phi) is 34.3. The zero-order valence-corrected chi connectivity index (χ0v) is 38.8. The van der Waals surface area contributed by atoms with Gasteiger partial charge >= 0.3 is 12.1 Å². The number of hydrogen-bond donors (Lipinski definition) is 0. The third-order valence-electron chi connectivity index (χ3n) is 9.44. The number of nitrogens with zero attached hydrogens (tertiary/aromatic N) is 1. The number of carbonyl (C=O) groups is 2. The van der Waals surface area contributed by atoms with E-state index in [1.807, 2.05) is 24.3 Å². The molecule has 0 atom stereocenters. The number of rotatable bonds is 45. The fourth-order valence-corrected chi connectivity index (χ4v) is 6.13. The van der Waals surface area contributed by atoms with Gasteiger partial charge in [-0.15, -0.1) is 0 Å². The van der Waals surface area contributed by atoms with Crippen molar-refractivity contribution in [2.75, 3.05) is 199 Å². The molecule has 0 aliphatic heterocycles. The van der Waals surface area contributed by atoms with Crippen LogP contribution in [0.25, 0.3) is 11.1 Å². The van der Waals surface area contributed by atoms with Crippen molar-refractivity contribution in [3.8, 4) is 11.1 Å². The van der Waals surface area contributed by atoms with Gasteiger partial charge in [-0.05, 0) is 29.2 Å². The molecule has 2 aromatic carbocycles. The van der Waals surface area contributed by atoms with Crippen molar-refractivity contribution in [3.63, 3.8) is 0 Å². The molecule has 370 valence electrons. The maximum atomic E-state index is 12.6. The maximum absolute atomic E-state index is 12.6. The fraction of sp³-hybridized carbons (Fsp3) is 0.702. The molecular weight excluding hydrogens is 851 g/mol. The number of likely N-dealkylation sites (N-methyl/N-ethyl adjacent to an activating group) is 1. The Bertz CT molecular complexity index is 1410. The molecule has 18 heteroatoms. The topological polar surface area (TPSA) is 176 Å². The predicted molar refractivity (Wildman–Crippen MR) is 240 cm³/mol. The van der Waals surface area contributed by atoms with Crippen LogP contribution in [0.4, 0.5) is 4.79 Å². The third kappa shape index (κ3) is 27.8. The van der Waals surface area contributed by atoms with Gasteiger partial charge in [-0.1, -0.05) is 48.5 Å². The van der Waals surface area contributed by atoms with Crippen LogP contribution in [0.3, 0.4) is 0 Å². The molecule has 0 N–H and O–H groups in total. The minimum Gasteiger partial charge on any atom is -0.466 e. The second kappa shape index (κ2) is 39.8. The van der Waals surface area contributed by atoms with Gasteiger partial charge in [0.05, 0.1) is 185 Å². The summed E-state index contributed by atoms with van der Waals surface area (Å²) in [7, 11) is 1.71. The summed E-state index contributed by atoms with van der Waals surface area (Å²) in [5.74, 6) is -0.223. The van der Waals surface area contributed by atoms with Gasteiger partial charge in [0.1, 0.15) is 6.61 Å². The van der Waals surface area contributed by atoms with Crippen molar-refractivity contribution in [3.05, 3.63) is 59.7 Å². The van der Waals surface area contributed by atoms with Crippen molar-refractivity contribution in [1.29, 1.82) is 0 Å². The second-order valence-corrected chi connectivity index (χ2v) is 14.2. The lowest BCUT2D eigenvalue weighted by molar-refractivity contribution is -0.144. The van der Waals surface area contributed by atoms with E-state index >= 15 is 0 Å². The number of esters is 1. The number of fused-ring (bicyclic) bond motifs is 3. The molecule has 0 saturated heterocycles. The molecule has 18 nitrogen and oxygen atoms in total. The molecular formula is C47H75NO17. The van der Waals surface area contributed by atoms with Gasteiger partial charge in [0.25, 0.3) is 0 Å². The van der Waals surface area contributed by atoms with E-state index < -0.39 is 0 Å². The zero-order chi connectivity index (χ0) is 46.1. The first kappa shape index (κ1) is 56.0. The van der Waals surface area contributed by atoms with Crippen LogP contribution in [0.5, 0.6) is 0 Å². The molecule has 0 fully saturated rings. The summed E-state index contributed by atoms with van der Waals surface area (Å²) in [4.78, 5) is 25.3. The van der Waals surface area contributed by atoms with Gasteiger partial charge in [-0.2, -0.15) is 0 Å². The molecule has 1 aliphatic rings. The predicted octanol–water partition coefficient (Wildman–Crippen LogP) is 4.04. The summed E-state index contributed by atoms with van der Waals surface area (Å²) in [6.45, 7) is 14.8. The lowest BCUT2D eigenvalue weighted by Crippen LogP contribution is -2.32. The van der Waals surface area contributed by atoms with Crippen molar-refractivity contribution >= 4 is 12.1 Å². The standard InChI is InChI=1S/C47H75NO17/c1-3-64-46(49)12-14-51-16-18-53-20-22-55-24-26-57-28-30-59-32-34-61-36-38-63-39-37-62-35-33-60-31-29-58-27-25-56-23-21-54-19-17-52-15-13-48(2)47(50)65-40-45-43-10-6-4-8-41(43)42-9-5-7-11-44(42)45/h4-11,45H,3,12-40H2,1-2H3. The molecule has 3 rings (SSSR count). The summed E-state index contributed by atoms with van der Waals surface area (Å²) < 4.78 is 81.9. The van der Waals surface area contributed by atoms with Crippen molar-refractivity contribution < 1.29 is 80.6 Å². The lowest BCUT2D eigenvalue weighted by Gasteiger charge is -2.19. The summed E-state index contributed by atoms with van der Waals surface area (Å²) in [6.07, 6.45) is -0.119. The first-order valence-corrected chi connectivity index (χ1v) is 22.8. The molecule has 0 spiro atoms. The quantitative estimate of drug-likeness (QED) is 0.0687. The molecule has 0 bridgehead atoms. The Hall–Kier alpha value is -3.34. The van der Waals surface area contributed by atoms with Gasteiger partial charge in [-0.25, -0.2) is 4.79 Å². The minimum absolute atomic E-state index is 0.0326. The molecule has 1 amide bonds. The number of hydrogen-bond acceptors (Lipinski definition) is 17. The number of benzene rings is 2. The van der Waals surface area contributed by atoms with Crippen LogP contribution in [-0.2, 0) is 75.8 Å². The molecule has 2 aromatic rings. The summed E-state index contributed by atoms with van der Waals surface area (Å²) in [5, 5.41) is 0. The Labute approximate surface area is 385 Å². The van der Waals surface area contributed by atoms with Crippen molar-refractivity contribution in [1.82, 2.24) is 4.90 Å². The average Bonchev–Trinajstić information content (AvgIpc) is 3.64. The number of carbonyl (C=O) groups excluding carboxylic acids is 2. The van der Waals surface area contributed by atoms with Crippen LogP contribution in [0.1, 0.15) is 30.4 Å². The van der Waals surface area contributed by atoms with Gasteiger partial charge < -0.3 is 76.0 Å². The normalized spacial score (nSPS) is 12.1. The summed E-state index contributed by atoms with van der Waals surface area (Å²) in [5.41, 5.74) is 4.78. The highest BCUT2D eigenvalue weighted by molar-refractivity contribution is 5.79. The van der Waals surface area contributed by atoms with Crippen molar-refractivity contribution in [2.45, 2.75) is 19.3 Å². The second-order valence-electron chi connectivity index (χ2n) is 14.2. The van der Waals surface area contributed by atoms with E-state index in [1.54, 1.807) is 14.0 Å². The Morgan fingerprint density at radius 2 is 0.708 bits per heavy atom. The van der Waals surface area contributed by atoms with E-state index in [0.29, 0.717) is 192 Å².